The molecule has 0 atom stereocenters. The van der Waals surface area contributed by atoms with Crippen LogP contribution in [0.2, 0.25) is 10.0 Å². The first kappa shape index (κ1) is 17.5. The normalized spacial score (nSPS) is 10.1. The maximum absolute atomic E-state index is 11.9. The molecule has 1 amide bonds. The molecule has 1 aromatic carbocycles. The zero-order chi connectivity index (χ0) is 16.0. The number of benzene rings is 1. The molecule has 0 N–H and O–H groups in total. The van der Waals surface area contributed by atoms with Crippen LogP contribution in [0.25, 0.3) is 0 Å². The predicted molar refractivity (Wildman–Crippen MR) is 83.8 cm³/mol. The van der Waals surface area contributed by atoms with Crippen LogP contribution in [0.3, 0.4) is 0 Å². The Morgan fingerprint density at radius 1 is 1.29 bits per heavy atom. The second kappa shape index (κ2) is 8.05. The van der Waals surface area contributed by atoms with Crippen LogP contribution in [0.5, 0.6) is 0 Å². The van der Waals surface area contributed by atoms with Gasteiger partial charge in [-0.15, -0.1) is 0 Å². The average molecular weight is 330 g/mol. The Labute approximate surface area is 134 Å². The van der Waals surface area contributed by atoms with Crippen molar-refractivity contribution in [2.24, 2.45) is 0 Å². The maximum Gasteiger partial charge on any atom is 0.338 e. The van der Waals surface area contributed by atoms with E-state index < -0.39 is 5.97 Å². The first-order valence-electron chi connectivity index (χ1n) is 6.39. The lowest BCUT2D eigenvalue weighted by Crippen LogP contribution is -2.35. The lowest BCUT2D eigenvalue weighted by atomic mass is 10.2. The van der Waals surface area contributed by atoms with Gasteiger partial charge in [0, 0.05) is 13.1 Å². The van der Waals surface area contributed by atoms with Crippen LogP contribution in [0.1, 0.15) is 24.2 Å². The Kier molecular flexibility index (Phi) is 6.72. The van der Waals surface area contributed by atoms with Crippen molar-refractivity contribution >= 4 is 35.1 Å². The number of esters is 1. The minimum atomic E-state index is -0.617. The monoisotopic (exact) mass is 329 g/mol. The molecule has 0 saturated heterocycles. The van der Waals surface area contributed by atoms with E-state index in [0.29, 0.717) is 18.1 Å². The van der Waals surface area contributed by atoms with Crippen LogP contribution in [0.15, 0.2) is 30.4 Å². The third kappa shape index (κ3) is 5.40. The van der Waals surface area contributed by atoms with Gasteiger partial charge in [0.1, 0.15) is 0 Å². The maximum atomic E-state index is 11.9. The standard InChI is InChI=1S/C15H17Cl2NO3/c1-4-18(8-10(2)3)14(19)9-21-15(20)11-5-6-12(16)13(17)7-11/h5-7H,2,4,8-9H2,1,3H3. The van der Waals surface area contributed by atoms with Gasteiger partial charge in [-0.1, -0.05) is 35.4 Å². The second-order valence-corrected chi connectivity index (χ2v) is 5.38. The molecule has 0 aromatic heterocycles. The molecule has 0 fully saturated rings. The first-order chi connectivity index (χ1) is 9.85. The van der Waals surface area contributed by atoms with Gasteiger partial charge in [-0.2, -0.15) is 0 Å². The lowest BCUT2D eigenvalue weighted by Gasteiger charge is -2.20. The Morgan fingerprint density at radius 2 is 1.95 bits per heavy atom. The van der Waals surface area contributed by atoms with Gasteiger partial charge in [0.05, 0.1) is 15.6 Å². The molecule has 0 heterocycles. The van der Waals surface area contributed by atoms with E-state index in [9.17, 15) is 9.59 Å². The van der Waals surface area contributed by atoms with Gasteiger partial charge in [-0.3, -0.25) is 4.79 Å². The summed E-state index contributed by atoms with van der Waals surface area (Å²) in [6, 6.07) is 4.40. The SMILES string of the molecule is C=C(C)CN(CC)C(=O)COC(=O)c1ccc(Cl)c(Cl)c1. The molecule has 1 aromatic rings. The number of nitrogens with zero attached hydrogens (tertiary/aromatic N) is 1. The van der Waals surface area contributed by atoms with Crippen LogP contribution in [-0.2, 0) is 9.53 Å². The largest absolute Gasteiger partial charge is 0.452 e. The summed E-state index contributed by atoms with van der Waals surface area (Å²) >= 11 is 11.6. The summed E-state index contributed by atoms with van der Waals surface area (Å²) in [4.78, 5) is 25.3. The predicted octanol–water partition coefficient (Wildman–Crippen LogP) is 3.57. The number of rotatable bonds is 6. The number of ether oxygens (including phenoxy) is 1. The fraction of sp³-hybridized carbons (Fsp3) is 0.333. The van der Waals surface area contributed by atoms with Crippen molar-refractivity contribution in [3.63, 3.8) is 0 Å². The van der Waals surface area contributed by atoms with Gasteiger partial charge in [0.2, 0.25) is 0 Å². The number of halogens is 2. The molecule has 0 bridgehead atoms. The minimum absolute atomic E-state index is 0.250. The molecule has 0 saturated carbocycles. The van der Waals surface area contributed by atoms with Gasteiger partial charge in [-0.05, 0) is 32.0 Å². The Morgan fingerprint density at radius 3 is 2.48 bits per heavy atom. The van der Waals surface area contributed by atoms with Crippen LogP contribution in [0.4, 0.5) is 0 Å². The van der Waals surface area contributed by atoms with Crippen molar-refractivity contribution in [2.75, 3.05) is 19.7 Å². The zero-order valence-electron chi connectivity index (χ0n) is 12.0. The first-order valence-corrected chi connectivity index (χ1v) is 7.15. The molecule has 0 spiro atoms. The van der Waals surface area contributed by atoms with Crippen LogP contribution < -0.4 is 0 Å². The molecule has 0 aliphatic heterocycles. The zero-order valence-corrected chi connectivity index (χ0v) is 13.5. The fourth-order valence-electron chi connectivity index (χ4n) is 1.63. The molecule has 0 aliphatic carbocycles. The highest BCUT2D eigenvalue weighted by Gasteiger charge is 2.15. The molecule has 6 heteroatoms. The van der Waals surface area contributed by atoms with Gasteiger partial charge in [-0.25, -0.2) is 4.79 Å². The number of hydrogen-bond donors (Lipinski definition) is 0. The van der Waals surface area contributed by atoms with Gasteiger partial charge in [0.25, 0.3) is 5.91 Å². The summed E-state index contributed by atoms with van der Waals surface area (Å²) in [6.45, 7) is 8.09. The number of hydrogen-bond acceptors (Lipinski definition) is 3. The minimum Gasteiger partial charge on any atom is -0.452 e. The van der Waals surface area contributed by atoms with Crippen LogP contribution in [-0.4, -0.2) is 36.5 Å². The average Bonchev–Trinajstić information content (AvgIpc) is 2.44. The summed E-state index contributed by atoms with van der Waals surface area (Å²) in [5.41, 5.74) is 1.11. The summed E-state index contributed by atoms with van der Waals surface area (Å²) in [5, 5.41) is 0.609. The summed E-state index contributed by atoms with van der Waals surface area (Å²) in [7, 11) is 0. The Hall–Kier alpha value is -1.52. The molecule has 4 nitrogen and oxygen atoms in total. The van der Waals surface area contributed by atoms with E-state index in [1.165, 1.54) is 18.2 Å². The Bertz CT molecular complexity index is 558. The molecule has 0 unspecified atom stereocenters. The molecule has 0 aliphatic rings. The highest BCUT2D eigenvalue weighted by molar-refractivity contribution is 6.42. The van der Waals surface area contributed by atoms with E-state index in [-0.39, 0.29) is 23.1 Å². The summed E-state index contributed by atoms with van der Waals surface area (Å²) < 4.78 is 4.99. The van der Waals surface area contributed by atoms with Crippen molar-refractivity contribution in [2.45, 2.75) is 13.8 Å². The Balaban J connectivity index is 2.61. The van der Waals surface area contributed by atoms with E-state index in [1.807, 2.05) is 13.8 Å². The number of carbonyl (C=O) groups is 2. The van der Waals surface area contributed by atoms with E-state index in [0.717, 1.165) is 5.57 Å². The number of carbonyl (C=O) groups excluding carboxylic acids is 2. The van der Waals surface area contributed by atoms with E-state index in [2.05, 4.69) is 6.58 Å². The van der Waals surface area contributed by atoms with Crippen molar-refractivity contribution in [1.82, 2.24) is 4.90 Å². The van der Waals surface area contributed by atoms with E-state index in [1.54, 1.807) is 4.90 Å². The quantitative estimate of drug-likeness (QED) is 0.592. The van der Waals surface area contributed by atoms with Crippen molar-refractivity contribution in [3.05, 3.63) is 46.0 Å². The molecule has 1 rings (SSSR count). The van der Waals surface area contributed by atoms with Gasteiger partial charge in [0.15, 0.2) is 6.61 Å². The third-order valence-electron chi connectivity index (χ3n) is 2.68. The second-order valence-electron chi connectivity index (χ2n) is 4.57. The van der Waals surface area contributed by atoms with Crippen LogP contribution in [0, 0.1) is 0 Å². The van der Waals surface area contributed by atoms with E-state index >= 15 is 0 Å². The summed E-state index contributed by atoms with van der Waals surface area (Å²) in [5.74, 6) is -0.887. The highest BCUT2D eigenvalue weighted by Crippen LogP contribution is 2.22. The number of likely N-dealkylation sites (N-methyl/N-ethyl adjacent to an activating group) is 1. The topological polar surface area (TPSA) is 46.6 Å². The van der Waals surface area contributed by atoms with E-state index in [4.69, 9.17) is 27.9 Å². The van der Waals surface area contributed by atoms with Gasteiger partial charge >= 0.3 is 5.97 Å². The number of amides is 1. The fourth-order valence-corrected chi connectivity index (χ4v) is 1.93. The third-order valence-corrected chi connectivity index (χ3v) is 3.42. The summed E-state index contributed by atoms with van der Waals surface area (Å²) in [6.07, 6.45) is 0. The lowest BCUT2D eigenvalue weighted by molar-refractivity contribution is -0.133. The van der Waals surface area contributed by atoms with Gasteiger partial charge < -0.3 is 9.64 Å². The molecule has 21 heavy (non-hydrogen) atoms. The molecular weight excluding hydrogens is 313 g/mol. The molecular formula is C15H17Cl2NO3. The smallest absolute Gasteiger partial charge is 0.338 e. The van der Waals surface area contributed by atoms with Crippen molar-refractivity contribution in [3.8, 4) is 0 Å². The highest BCUT2D eigenvalue weighted by atomic mass is 35.5. The van der Waals surface area contributed by atoms with Crippen molar-refractivity contribution < 1.29 is 14.3 Å². The van der Waals surface area contributed by atoms with Crippen LogP contribution >= 0.6 is 23.2 Å². The molecule has 0 radical (unpaired) electrons. The molecule has 114 valence electrons. The van der Waals surface area contributed by atoms with Crippen molar-refractivity contribution in [1.29, 1.82) is 0 Å².